The van der Waals surface area contributed by atoms with Gasteiger partial charge in [0.15, 0.2) is 0 Å². The van der Waals surface area contributed by atoms with E-state index in [9.17, 15) is 4.39 Å². The maximum Gasteiger partial charge on any atom is 0.123 e. The van der Waals surface area contributed by atoms with Crippen molar-refractivity contribution in [1.82, 2.24) is 9.55 Å². The summed E-state index contributed by atoms with van der Waals surface area (Å²) in [6.45, 7) is 0.829. The number of hydrogen-bond donors (Lipinski definition) is 0. The van der Waals surface area contributed by atoms with Gasteiger partial charge in [-0.1, -0.05) is 42.5 Å². The van der Waals surface area contributed by atoms with Crippen molar-refractivity contribution in [2.75, 3.05) is 0 Å². The normalized spacial score (nSPS) is 10.7. The predicted octanol–water partition coefficient (Wildman–Crippen LogP) is 3.93. The van der Waals surface area contributed by atoms with Crippen LogP contribution >= 0.6 is 0 Å². The Labute approximate surface area is 117 Å². The van der Waals surface area contributed by atoms with Gasteiger partial charge >= 0.3 is 0 Å². The number of aryl methyl sites for hydroxylation is 2. The van der Waals surface area contributed by atoms with E-state index in [1.54, 1.807) is 0 Å². The van der Waals surface area contributed by atoms with Crippen LogP contribution in [-0.4, -0.2) is 9.55 Å². The molecule has 0 unspecified atom stereocenters. The lowest BCUT2D eigenvalue weighted by Gasteiger charge is -2.08. The van der Waals surface area contributed by atoms with Crippen molar-refractivity contribution in [2.24, 2.45) is 0 Å². The van der Waals surface area contributed by atoms with Crippen molar-refractivity contribution in [3.05, 3.63) is 78.5 Å². The highest BCUT2D eigenvalue weighted by Crippen LogP contribution is 2.18. The molecule has 0 aliphatic heterocycles. The highest BCUT2D eigenvalue weighted by molar-refractivity contribution is 5.58. The van der Waals surface area contributed by atoms with Gasteiger partial charge in [0.1, 0.15) is 5.82 Å². The van der Waals surface area contributed by atoms with Gasteiger partial charge in [-0.25, -0.2) is 9.37 Å². The van der Waals surface area contributed by atoms with Gasteiger partial charge in [0.05, 0.1) is 18.2 Å². The molecule has 2 aromatic carbocycles. The van der Waals surface area contributed by atoms with E-state index in [1.165, 1.54) is 12.1 Å². The molecule has 0 N–H and O–H groups in total. The second kappa shape index (κ2) is 5.70. The van der Waals surface area contributed by atoms with Crippen LogP contribution in [0.4, 0.5) is 4.39 Å². The number of rotatable bonds is 4. The topological polar surface area (TPSA) is 17.8 Å². The highest BCUT2D eigenvalue weighted by atomic mass is 19.1. The summed E-state index contributed by atoms with van der Waals surface area (Å²) in [5, 5.41) is 0. The first-order valence-corrected chi connectivity index (χ1v) is 6.63. The van der Waals surface area contributed by atoms with Crippen LogP contribution in [0.3, 0.4) is 0 Å². The second-order valence-corrected chi connectivity index (χ2v) is 4.71. The summed E-state index contributed by atoms with van der Waals surface area (Å²) in [7, 11) is 0. The molecule has 0 radical (unpaired) electrons. The number of hydrogen-bond acceptors (Lipinski definition) is 1. The van der Waals surface area contributed by atoms with Crippen LogP contribution in [0.1, 0.15) is 5.56 Å². The van der Waals surface area contributed by atoms with Crippen molar-refractivity contribution < 1.29 is 4.39 Å². The quantitative estimate of drug-likeness (QED) is 0.699. The largest absolute Gasteiger partial charge is 0.330 e. The molecule has 0 aliphatic rings. The molecule has 2 nitrogen and oxygen atoms in total. The first-order chi connectivity index (χ1) is 9.83. The third-order valence-electron chi connectivity index (χ3n) is 3.34. The lowest BCUT2D eigenvalue weighted by Crippen LogP contribution is -2.02. The van der Waals surface area contributed by atoms with E-state index in [0.29, 0.717) is 0 Å². The first-order valence-electron chi connectivity index (χ1n) is 6.63. The van der Waals surface area contributed by atoms with Crippen LogP contribution in [-0.2, 0) is 13.0 Å². The Hall–Kier alpha value is -2.42. The maximum atomic E-state index is 12.9. The summed E-state index contributed by atoms with van der Waals surface area (Å²) >= 11 is 0. The minimum atomic E-state index is -0.193. The molecule has 1 aromatic heterocycles. The number of imidazole rings is 1. The molecular formula is C17H15FN2. The van der Waals surface area contributed by atoms with Crippen molar-refractivity contribution in [1.29, 1.82) is 0 Å². The van der Waals surface area contributed by atoms with E-state index in [2.05, 4.69) is 21.7 Å². The summed E-state index contributed by atoms with van der Waals surface area (Å²) in [4.78, 5) is 4.23. The fourth-order valence-electron chi connectivity index (χ4n) is 2.25. The molecule has 0 bridgehead atoms. The smallest absolute Gasteiger partial charge is 0.123 e. The predicted molar refractivity (Wildman–Crippen MR) is 77.8 cm³/mol. The van der Waals surface area contributed by atoms with Crippen LogP contribution in [0, 0.1) is 5.82 Å². The van der Waals surface area contributed by atoms with Crippen molar-refractivity contribution in [3.63, 3.8) is 0 Å². The fraction of sp³-hybridized carbons (Fsp3) is 0.118. The number of aromatic nitrogens is 2. The maximum absolute atomic E-state index is 12.9. The minimum Gasteiger partial charge on any atom is -0.330 e. The zero-order valence-electron chi connectivity index (χ0n) is 11.0. The van der Waals surface area contributed by atoms with E-state index >= 15 is 0 Å². The summed E-state index contributed by atoms with van der Waals surface area (Å²) in [5.41, 5.74) is 3.39. The molecule has 0 saturated heterocycles. The molecule has 3 aromatic rings. The lowest BCUT2D eigenvalue weighted by molar-refractivity contribution is 0.625. The molecular weight excluding hydrogens is 251 g/mol. The van der Waals surface area contributed by atoms with Gasteiger partial charge in [0, 0.05) is 6.54 Å². The zero-order valence-corrected chi connectivity index (χ0v) is 11.0. The molecule has 20 heavy (non-hydrogen) atoms. The molecule has 3 heteroatoms. The minimum absolute atomic E-state index is 0.193. The Balaban J connectivity index is 1.76. The number of benzene rings is 2. The van der Waals surface area contributed by atoms with Gasteiger partial charge in [0.25, 0.3) is 0 Å². The van der Waals surface area contributed by atoms with Gasteiger partial charge in [-0.3, -0.25) is 0 Å². The van der Waals surface area contributed by atoms with Crippen LogP contribution in [0.2, 0.25) is 0 Å². The monoisotopic (exact) mass is 266 g/mol. The van der Waals surface area contributed by atoms with E-state index in [4.69, 9.17) is 0 Å². The van der Waals surface area contributed by atoms with Gasteiger partial charge in [-0.15, -0.1) is 0 Å². The summed E-state index contributed by atoms with van der Waals surface area (Å²) in [5.74, 6) is -0.193. The van der Waals surface area contributed by atoms with Gasteiger partial charge in [-0.2, -0.15) is 0 Å². The van der Waals surface area contributed by atoms with Gasteiger partial charge in [0.2, 0.25) is 0 Å². The average Bonchev–Trinajstić information content (AvgIpc) is 2.96. The number of halogens is 1. The SMILES string of the molecule is Fc1ccc(CCn2cncc2-c2ccccc2)cc1. The molecule has 0 spiro atoms. The molecule has 1 heterocycles. The van der Waals surface area contributed by atoms with E-state index < -0.39 is 0 Å². The van der Waals surface area contributed by atoms with E-state index in [-0.39, 0.29) is 5.82 Å². The third-order valence-corrected chi connectivity index (χ3v) is 3.34. The third kappa shape index (κ3) is 2.77. The zero-order chi connectivity index (χ0) is 13.8. The molecule has 0 saturated carbocycles. The van der Waals surface area contributed by atoms with Crippen LogP contribution in [0.15, 0.2) is 67.1 Å². The van der Waals surface area contributed by atoms with Crippen molar-refractivity contribution >= 4 is 0 Å². The molecule has 3 rings (SSSR count). The Morgan fingerprint density at radius 2 is 1.70 bits per heavy atom. The Kier molecular flexibility index (Phi) is 3.59. The molecule has 0 aliphatic carbocycles. The van der Waals surface area contributed by atoms with Gasteiger partial charge in [-0.05, 0) is 29.7 Å². The highest BCUT2D eigenvalue weighted by Gasteiger charge is 2.04. The Morgan fingerprint density at radius 3 is 2.45 bits per heavy atom. The lowest BCUT2D eigenvalue weighted by atomic mass is 10.1. The van der Waals surface area contributed by atoms with E-state index in [0.717, 1.165) is 29.8 Å². The fourth-order valence-corrected chi connectivity index (χ4v) is 2.25. The Bertz CT molecular complexity index is 672. The van der Waals surface area contributed by atoms with E-state index in [1.807, 2.05) is 42.9 Å². The van der Waals surface area contributed by atoms with Crippen LogP contribution in [0.25, 0.3) is 11.3 Å². The Morgan fingerprint density at radius 1 is 0.950 bits per heavy atom. The van der Waals surface area contributed by atoms with Crippen molar-refractivity contribution in [3.8, 4) is 11.3 Å². The molecule has 0 atom stereocenters. The summed E-state index contributed by atoms with van der Waals surface area (Å²) < 4.78 is 15.0. The summed E-state index contributed by atoms with van der Waals surface area (Å²) in [6, 6.07) is 16.9. The second-order valence-electron chi connectivity index (χ2n) is 4.71. The molecule has 0 fully saturated rings. The number of nitrogens with zero attached hydrogens (tertiary/aromatic N) is 2. The van der Waals surface area contributed by atoms with Crippen LogP contribution < -0.4 is 0 Å². The summed E-state index contributed by atoms with van der Waals surface area (Å²) in [6.07, 6.45) is 4.57. The standard InChI is InChI=1S/C17H15FN2/c18-16-8-6-14(7-9-16)10-11-20-13-19-12-17(20)15-4-2-1-3-5-15/h1-9,12-13H,10-11H2. The van der Waals surface area contributed by atoms with Crippen molar-refractivity contribution in [2.45, 2.75) is 13.0 Å². The van der Waals surface area contributed by atoms with Crippen LogP contribution in [0.5, 0.6) is 0 Å². The molecule has 100 valence electrons. The van der Waals surface area contributed by atoms with Gasteiger partial charge < -0.3 is 4.57 Å². The molecule has 0 amide bonds. The first kappa shape index (κ1) is 12.6. The average molecular weight is 266 g/mol.